The third-order valence-corrected chi connectivity index (χ3v) is 7.39. The third kappa shape index (κ3) is 3.87. The van der Waals surface area contributed by atoms with Crippen LogP contribution in [0.5, 0.6) is 0 Å². The van der Waals surface area contributed by atoms with E-state index < -0.39 is 7.14 Å². The van der Waals surface area contributed by atoms with Gasteiger partial charge in [0.25, 0.3) is 5.91 Å². The first-order valence-corrected chi connectivity index (χ1v) is 10.3. The van der Waals surface area contributed by atoms with Crippen LogP contribution in [0.1, 0.15) is 15.9 Å². The fraction of sp³-hybridized carbons (Fsp3) is 0.0870. The van der Waals surface area contributed by atoms with Crippen LogP contribution in [0.4, 0.5) is 0 Å². The number of rotatable bonds is 5. The van der Waals surface area contributed by atoms with Crippen molar-refractivity contribution in [1.29, 1.82) is 0 Å². The lowest BCUT2D eigenvalue weighted by atomic mass is 10.2. The van der Waals surface area contributed by atoms with E-state index in [2.05, 4.69) is 11.2 Å². The number of amides is 1. The van der Waals surface area contributed by atoms with Crippen LogP contribution < -0.4 is 21.2 Å². The molecular weight excluding hydrogens is 353 g/mol. The first-order chi connectivity index (χ1) is 13.1. The van der Waals surface area contributed by atoms with Gasteiger partial charge >= 0.3 is 0 Å². The van der Waals surface area contributed by atoms with Gasteiger partial charge in [-0.15, -0.1) is 6.42 Å². The van der Waals surface area contributed by atoms with Gasteiger partial charge in [0.05, 0.1) is 6.54 Å². The summed E-state index contributed by atoms with van der Waals surface area (Å²) in [6.45, 7) is 2.16. The van der Waals surface area contributed by atoms with Crippen LogP contribution in [0.15, 0.2) is 78.9 Å². The summed E-state index contributed by atoms with van der Waals surface area (Å²) >= 11 is 0. The quantitative estimate of drug-likeness (QED) is 0.552. The molecule has 0 heterocycles. The van der Waals surface area contributed by atoms with Crippen LogP contribution >= 0.6 is 7.14 Å². The molecule has 4 heteroatoms. The van der Waals surface area contributed by atoms with Crippen LogP contribution in [0.25, 0.3) is 0 Å². The summed E-state index contributed by atoms with van der Waals surface area (Å²) in [4.78, 5) is 12.1. The van der Waals surface area contributed by atoms with Crippen molar-refractivity contribution >= 4 is 29.0 Å². The van der Waals surface area contributed by atoms with Crippen molar-refractivity contribution in [2.75, 3.05) is 6.54 Å². The Kier molecular flexibility index (Phi) is 5.60. The Bertz CT molecular complexity index is 1030. The molecular formula is C23H20NO2P. The number of carbonyl (C=O) groups is 1. The van der Waals surface area contributed by atoms with Crippen molar-refractivity contribution in [2.24, 2.45) is 0 Å². The highest BCUT2D eigenvalue weighted by molar-refractivity contribution is 7.85. The fourth-order valence-corrected chi connectivity index (χ4v) is 5.70. The lowest BCUT2D eigenvalue weighted by molar-refractivity contribution is 0.0958. The average molecular weight is 373 g/mol. The predicted octanol–water partition coefficient (Wildman–Crippen LogP) is 3.00. The topological polar surface area (TPSA) is 46.2 Å². The molecule has 3 aromatic rings. The number of hydrogen-bond donors (Lipinski definition) is 1. The number of benzene rings is 3. The van der Waals surface area contributed by atoms with E-state index in [4.69, 9.17) is 6.42 Å². The van der Waals surface area contributed by atoms with Gasteiger partial charge in [-0.1, -0.05) is 72.1 Å². The van der Waals surface area contributed by atoms with Gasteiger partial charge in [-0.05, 0) is 25.1 Å². The molecule has 0 saturated carbocycles. The Morgan fingerprint density at radius 2 is 1.56 bits per heavy atom. The SMILES string of the molecule is C#CCNC(=O)c1ccc(P(=O)(c2ccccc2)c2cccc(C)c2)cc1. The second-order valence-electron chi connectivity index (χ2n) is 6.22. The summed E-state index contributed by atoms with van der Waals surface area (Å²) in [7, 11) is -3.04. The summed E-state index contributed by atoms with van der Waals surface area (Å²) in [6.07, 6.45) is 5.18. The molecule has 1 unspecified atom stereocenters. The van der Waals surface area contributed by atoms with Crippen LogP contribution in [-0.2, 0) is 4.57 Å². The monoisotopic (exact) mass is 373 g/mol. The summed E-state index contributed by atoms with van der Waals surface area (Å²) < 4.78 is 14.3. The normalized spacial score (nSPS) is 12.6. The highest BCUT2D eigenvalue weighted by atomic mass is 31.2. The first kappa shape index (κ1) is 18.7. The maximum absolute atomic E-state index is 14.3. The van der Waals surface area contributed by atoms with E-state index >= 15 is 0 Å². The van der Waals surface area contributed by atoms with Crippen molar-refractivity contribution in [3.8, 4) is 12.3 Å². The van der Waals surface area contributed by atoms with E-state index in [0.29, 0.717) is 10.9 Å². The van der Waals surface area contributed by atoms with Crippen molar-refractivity contribution in [1.82, 2.24) is 5.32 Å². The maximum Gasteiger partial charge on any atom is 0.252 e. The van der Waals surface area contributed by atoms with Gasteiger partial charge in [-0.25, -0.2) is 0 Å². The molecule has 134 valence electrons. The van der Waals surface area contributed by atoms with Gasteiger partial charge in [0.1, 0.15) is 0 Å². The number of aryl methyl sites for hydroxylation is 1. The van der Waals surface area contributed by atoms with E-state index in [-0.39, 0.29) is 12.5 Å². The standard InChI is InChI=1S/C23H20NO2P/c1-3-16-24-23(25)19-12-14-21(15-13-19)27(26,20-9-5-4-6-10-20)22-11-7-8-18(2)17-22/h1,4-15,17H,16H2,2H3,(H,24,25). The minimum Gasteiger partial charge on any atom is -0.341 e. The zero-order valence-corrected chi connectivity index (χ0v) is 15.9. The maximum atomic E-state index is 14.3. The van der Waals surface area contributed by atoms with E-state index in [9.17, 15) is 9.36 Å². The first-order valence-electron chi connectivity index (χ1n) is 8.61. The van der Waals surface area contributed by atoms with Gasteiger partial charge in [0.15, 0.2) is 7.14 Å². The van der Waals surface area contributed by atoms with E-state index in [1.54, 1.807) is 24.3 Å². The van der Waals surface area contributed by atoms with Crippen molar-refractivity contribution in [2.45, 2.75) is 6.92 Å². The lowest BCUT2D eigenvalue weighted by Crippen LogP contribution is -2.26. The van der Waals surface area contributed by atoms with Crippen LogP contribution in [0, 0.1) is 19.3 Å². The Balaban J connectivity index is 2.09. The molecule has 1 N–H and O–H groups in total. The zero-order chi connectivity index (χ0) is 19.3. The molecule has 3 rings (SSSR count). The van der Waals surface area contributed by atoms with Crippen molar-refractivity contribution in [3.63, 3.8) is 0 Å². The lowest BCUT2D eigenvalue weighted by Gasteiger charge is -2.20. The Morgan fingerprint density at radius 1 is 0.926 bits per heavy atom. The number of nitrogens with one attached hydrogen (secondary N) is 1. The molecule has 3 aromatic carbocycles. The summed E-state index contributed by atoms with van der Waals surface area (Å²) in [6, 6.07) is 24.1. The molecule has 0 bridgehead atoms. The number of terminal acetylenes is 1. The van der Waals surface area contributed by atoms with Gasteiger partial charge in [0, 0.05) is 21.5 Å². The molecule has 1 atom stereocenters. The molecule has 0 spiro atoms. The van der Waals surface area contributed by atoms with Gasteiger partial charge in [-0.3, -0.25) is 4.79 Å². The second-order valence-corrected chi connectivity index (χ2v) is 8.99. The molecule has 0 aliphatic rings. The van der Waals surface area contributed by atoms with Gasteiger partial charge in [0.2, 0.25) is 0 Å². The molecule has 0 fully saturated rings. The third-order valence-electron chi connectivity index (χ3n) is 4.33. The molecule has 0 aliphatic carbocycles. The average Bonchev–Trinajstić information content (AvgIpc) is 2.72. The van der Waals surface area contributed by atoms with Gasteiger partial charge < -0.3 is 9.88 Å². The Morgan fingerprint density at radius 3 is 2.19 bits per heavy atom. The van der Waals surface area contributed by atoms with Crippen molar-refractivity contribution in [3.05, 3.63) is 90.0 Å². The minimum absolute atomic E-state index is 0.173. The fourth-order valence-electron chi connectivity index (χ4n) is 2.97. The number of carbonyl (C=O) groups excluding carboxylic acids is 1. The van der Waals surface area contributed by atoms with Gasteiger partial charge in [-0.2, -0.15) is 0 Å². The second kappa shape index (κ2) is 8.08. The minimum atomic E-state index is -3.04. The van der Waals surface area contributed by atoms with Crippen molar-refractivity contribution < 1.29 is 9.36 Å². The molecule has 3 nitrogen and oxygen atoms in total. The predicted molar refractivity (Wildman–Crippen MR) is 112 cm³/mol. The highest BCUT2D eigenvalue weighted by Gasteiger charge is 2.29. The summed E-state index contributed by atoms with van der Waals surface area (Å²) in [5, 5.41) is 4.86. The van der Waals surface area contributed by atoms with E-state index in [1.165, 1.54) is 0 Å². The molecule has 0 aromatic heterocycles. The van der Waals surface area contributed by atoms with Crippen LogP contribution in [0.3, 0.4) is 0 Å². The number of hydrogen-bond acceptors (Lipinski definition) is 2. The summed E-state index contributed by atoms with van der Waals surface area (Å²) in [5.74, 6) is 2.13. The molecule has 0 radical (unpaired) electrons. The van der Waals surface area contributed by atoms with E-state index in [1.807, 2.05) is 61.5 Å². The van der Waals surface area contributed by atoms with E-state index in [0.717, 1.165) is 16.2 Å². The Labute approximate surface area is 159 Å². The Hall–Kier alpha value is -3.08. The molecule has 27 heavy (non-hydrogen) atoms. The molecule has 1 amide bonds. The zero-order valence-electron chi connectivity index (χ0n) is 15.1. The van der Waals surface area contributed by atoms with Crippen LogP contribution in [-0.4, -0.2) is 12.5 Å². The molecule has 0 aliphatic heterocycles. The highest BCUT2D eigenvalue weighted by Crippen LogP contribution is 2.42. The smallest absolute Gasteiger partial charge is 0.252 e. The summed E-state index contributed by atoms with van der Waals surface area (Å²) in [5.41, 5.74) is 1.53. The van der Waals surface area contributed by atoms with Crippen LogP contribution in [0.2, 0.25) is 0 Å². The largest absolute Gasteiger partial charge is 0.341 e. The molecule has 0 saturated heterocycles.